The Kier molecular flexibility index (Phi) is 6.59. The van der Waals surface area contributed by atoms with Gasteiger partial charge in [-0.1, -0.05) is 6.07 Å². The van der Waals surface area contributed by atoms with E-state index in [-0.39, 0.29) is 55.0 Å². The maximum absolute atomic E-state index is 10.8. The van der Waals surface area contributed by atoms with E-state index in [1.54, 1.807) is 6.92 Å². The van der Waals surface area contributed by atoms with E-state index in [0.717, 1.165) is 6.07 Å². The van der Waals surface area contributed by atoms with Gasteiger partial charge >= 0.3 is 19.8 Å². The van der Waals surface area contributed by atoms with E-state index in [9.17, 15) is 14.6 Å². The first-order valence-electron chi connectivity index (χ1n) is 3.46. The van der Waals surface area contributed by atoms with E-state index in [4.69, 9.17) is 4.55 Å². The molecule has 0 atom stereocenters. The Hall–Kier alpha value is 1.10. The fourth-order valence-corrected chi connectivity index (χ4v) is 3.91. The zero-order valence-electron chi connectivity index (χ0n) is 8.10. The van der Waals surface area contributed by atoms with Crippen molar-refractivity contribution in [2.75, 3.05) is 0 Å². The third-order valence-corrected chi connectivity index (χ3v) is 4.68. The summed E-state index contributed by atoms with van der Waals surface area (Å²) >= 11 is -3.89. The van der Waals surface area contributed by atoms with Gasteiger partial charge in [-0.3, -0.25) is 4.55 Å². The summed E-state index contributed by atoms with van der Waals surface area (Å²) in [5.41, 5.74) is 0.569. The fraction of sp³-hybridized carbons (Fsp3) is 0.143. The maximum atomic E-state index is 10.8. The van der Waals surface area contributed by atoms with Crippen LogP contribution in [0.25, 0.3) is 0 Å². The SMILES string of the molecule is Cc1ccc(I(=O)=O)c(S(=O)(=O)O)c1.[K]. The van der Waals surface area contributed by atoms with Crippen molar-refractivity contribution in [3.05, 3.63) is 27.3 Å². The standard InChI is InChI=1S/C7H7IO5S.K/c1-5-2-3-6(8(9)10)7(4-5)14(11,12)13;/h2-4H,1H3,(H,11,12,13);. The van der Waals surface area contributed by atoms with Crippen molar-refractivity contribution in [1.29, 1.82) is 0 Å². The van der Waals surface area contributed by atoms with Crippen LogP contribution in [0.5, 0.6) is 0 Å². The molecule has 1 aromatic rings. The van der Waals surface area contributed by atoms with Gasteiger partial charge in [0.2, 0.25) is 0 Å². The van der Waals surface area contributed by atoms with Gasteiger partial charge in [-0.15, -0.1) is 0 Å². The summed E-state index contributed by atoms with van der Waals surface area (Å²) in [6.45, 7) is 1.60. The summed E-state index contributed by atoms with van der Waals surface area (Å²) in [6, 6.07) is 3.79. The summed E-state index contributed by atoms with van der Waals surface area (Å²) in [4.78, 5) is -0.535. The van der Waals surface area contributed by atoms with Gasteiger partial charge in [0, 0.05) is 51.4 Å². The molecule has 5 nitrogen and oxygen atoms in total. The first-order valence-corrected chi connectivity index (χ1v) is 7.74. The molecule has 1 aromatic carbocycles. The minimum atomic E-state index is -4.46. The Labute approximate surface area is 137 Å². The summed E-state index contributed by atoms with van der Waals surface area (Å²) < 4.78 is 51.6. The topological polar surface area (TPSA) is 88.5 Å². The fourth-order valence-electron chi connectivity index (χ4n) is 0.936. The Balaban J connectivity index is 0.00000196. The summed E-state index contributed by atoms with van der Waals surface area (Å²) in [6.07, 6.45) is 0. The molecule has 0 unspecified atom stereocenters. The molecule has 0 amide bonds. The minimum Gasteiger partial charge on any atom is -0.282 e. The minimum absolute atomic E-state index is 0. The van der Waals surface area contributed by atoms with Crippen LogP contribution in [0.2, 0.25) is 0 Å². The molecule has 0 bridgehead atoms. The molecule has 0 spiro atoms. The molecule has 0 heterocycles. The van der Waals surface area contributed by atoms with Crippen molar-refractivity contribution >= 4 is 81.3 Å². The van der Waals surface area contributed by atoms with E-state index < -0.39 is 34.8 Å². The van der Waals surface area contributed by atoms with Crippen LogP contribution in [-0.2, 0) is 16.3 Å². The Morgan fingerprint density at radius 1 is 1.27 bits per heavy atom. The molecule has 0 saturated carbocycles. The summed E-state index contributed by atoms with van der Waals surface area (Å²) in [5.74, 6) is 0. The van der Waals surface area contributed by atoms with E-state index in [1.807, 2.05) is 0 Å². The molecule has 79 valence electrons. The number of hydrogen-bond acceptors (Lipinski definition) is 4. The number of rotatable bonds is 2. The van der Waals surface area contributed by atoms with Crippen LogP contribution in [-0.4, -0.2) is 64.4 Å². The number of halogens is 1. The van der Waals surface area contributed by atoms with Gasteiger partial charge in [-0.2, -0.15) is 8.42 Å². The van der Waals surface area contributed by atoms with E-state index in [2.05, 4.69) is 0 Å². The first-order chi connectivity index (χ1) is 6.32. The molecule has 1 radical (unpaired) electrons. The second kappa shape index (κ2) is 6.14. The average Bonchev–Trinajstić information content (AvgIpc) is 2.01. The zero-order chi connectivity index (χ0) is 10.9. The summed E-state index contributed by atoms with van der Waals surface area (Å²) in [7, 11) is -4.46. The number of benzene rings is 1. The maximum Gasteiger partial charge on any atom is 0.342 e. The molecule has 0 aliphatic heterocycles. The monoisotopic (exact) mass is 369 g/mol. The molecule has 0 saturated heterocycles. The second-order valence-corrected chi connectivity index (χ2v) is 6.42. The Bertz CT molecular complexity index is 526. The molecule has 8 heteroatoms. The third-order valence-electron chi connectivity index (χ3n) is 1.53. The third kappa shape index (κ3) is 4.46. The van der Waals surface area contributed by atoms with Gasteiger partial charge in [-0.25, -0.2) is 6.14 Å². The molecule has 0 aliphatic rings. The van der Waals surface area contributed by atoms with Gasteiger partial charge in [0.15, 0.2) is 0 Å². The van der Waals surface area contributed by atoms with Crippen molar-refractivity contribution < 1.29 is 19.1 Å². The van der Waals surface area contributed by atoms with E-state index in [0.29, 0.717) is 5.56 Å². The zero-order valence-corrected chi connectivity index (χ0v) is 14.2. The molecule has 1 N–H and O–H groups in total. The number of aryl methyl sites for hydroxylation is 1. The molecule has 0 fully saturated rings. The van der Waals surface area contributed by atoms with Crippen molar-refractivity contribution in [2.24, 2.45) is 0 Å². The molecule has 1 rings (SSSR count). The Morgan fingerprint density at radius 2 is 1.80 bits per heavy atom. The van der Waals surface area contributed by atoms with Crippen LogP contribution in [0.15, 0.2) is 23.1 Å². The quantitative estimate of drug-likeness (QED) is 0.481. The smallest absolute Gasteiger partial charge is 0.282 e. The van der Waals surface area contributed by atoms with Crippen LogP contribution < -0.4 is 0 Å². The van der Waals surface area contributed by atoms with E-state index >= 15 is 0 Å². The second-order valence-electron chi connectivity index (χ2n) is 2.63. The van der Waals surface area contributed by atoms with Gasteiger partial charge in [0.25, 0.3) is 10.1 Å². The van der Waals surface area contributed by atoms with Gasteiger partial charge < -0.3 is 0 Å². The van der Waals surface area contributed by atoms with Gasteiger partial charge in [0.1, 0.15) is 4.90 Å². The van der Waals surface area contributed by atoms with Crippen LogP contribution >= 0.6 is 19.8 Å². The predicted molar refractivity (Wildman–Crippen MR) is 60.8 cm³/mol. The van der Waals surface area contributed by atoms with Crippen molar-refractivity contribution in [3.8, 4) is 0 Å². The normalized spacial score (nSPS) is 11.1. The Morgan fingerprint density at radius 3 is 2.20 bits per heavy atom. The van der Waals surface area contributed by atoms with Gasteiger partial charge in [-0.05, 0) is 24.6 Å². The molecular formula is C7H7IKO5S. The van der Waals surface area contributed by atoms with Gasteiger partial charge in [0.05, 0.1) is 3.57 Å². The largest absolute Gasteiger partial charge is 0.342 e. The number of hydrogen-bond donors (Lipinski definition) is 1. The molecule has 15 heavy (non-hydrogen) atoms. The van der Waals surface area contributed by atoms with E-state index in [1.165, 1.54) is 12.1 Å². The van der Waals surface area contributed by atoms with Crippen LogP contribution in [0.3, 0.4) is 0 Å². The molecule has 0 aromatic heterocycles. The van der Waals surface area contributed by atoms with Crippen molar-refractivity contribution in [1.82, 2.24) is 0 Å². The average molecular weight is 369 g/mol. The predicted octanol–water partition coefficient (Wildman–Crippen LogP) is 1.23. The van der Waals surface area contributed by atoms with Crippen LogP contribution in [0, 0.1) is 10.5 Å². The van der Waals surface area contributed by atoms with Crippen LogP contribution in [0.4, 0.5) is 0 Å². The summed E-state index contributed by atoms with van der Waals surface area (Å²) in [5, 5.41) is 0. The van der Waals surface area contributed by atoms with Crippen LogP contribution in [0.1, 0.15) is 5.56 Å². The van der Waals surface area contributed by atoms with Crippen molar-refractivity contribution in [3.63, 3.8) is 0 Å². The molecule has 0 aliphatic carbocycles. The first kappa shape index (κ1) is 16.1. The molecular weight excluding hydrogens is 362 g/mol. The van der Waals surface area contributed by atoms with Crippen molar-refractivity contribution in [2.45, 2.75) is 11.8 Å².